The van der Waals surface area contributed by atoms with Crippen molar-refractivity contribution < 1.29 is 9.53 Å². The molecule has 1 heterocycles. The van der Waals surface area contributed by atoms with Crippen molar-refractivity contribution in [3.8, 4) is 5.75 Å². The summed E-state index contributed by atoms with van der Waals surface area (Å²) in [6.45, 7) is 0.523. The highest BCUT2D eigenvalue weighted by Crippen LogP contribution is 2.31. The van der Waals surface area contributed by atoms with Gasteiger partial charge in [-0.15, -0.1) is 12.6 Å². The lowest BCUT2D eigenvalue weighted by molar-refractivity contribution is -0.116. The average molecular weight is 329 g/mol. The van der Waals surface area contributed by atoms with E-state index in [2.05, 4.69) is 17.9 Å². The predicted octanol–water partition coefficient (Wildman–Crippen LogP) is 3.68. The summed E-state index contributed by atoms with van der Waals surface area (Å²) >= 11 is 5.65. The Kier molecular flexibility index (Phi) is 4.75. The van der Waals surface area contributed by atoms with E-state index in [0.717, 1.165) is 16.9 Å². The summed E-state index contributed by atoms with van der Waals surface area (Å²) in [5.41, 5.74) is 2.06. The van der Waals surface area contributed by atoms with E-state index in [-0.39, 0.29) is 10.6 Å². The highest BCUT2D eigenvalue weighted by atomic mass is 32.2. The maximum absolute atomic E-state index is 11.7. The number of carbonyl (C=O) groups excluding carboxylic acids is 1. The molecule has 22 heavy (non-hydrogen) atoms. The van der Waals surface area contributed by atoms with Gasteiger partial charge in [-0.3, -0.25) is 4.79 Å². The van der Waals surface area contributed by atoms with Gasteiger partial charge in [-0.2, -0.15) is 0 Å². The lowest BCUT2D eigenvalue weighted by Gasteiger charge is -2.07. The van der Waals surface area contributed by atoms with Crippen LogP contribution < -0.4 is 10.1 Å². The van der Waals surface area contributed by atoms with Crippen molar-refractivity contribution in [3.05, 3.63) is 70.6 Å². The molecule has 0 radical (unpaired) electrons. The van der Waals surface area contributed by atoms with Gasteiger partial charge >= 0.3 is 0 Å². The predicted molar refractivity (Wildman–Crippen MR) is 93.7 cm³/mol. The van der Waals surface area contributed by atoms with Crippen molar-refractivity contribution >= 4 is 36.4 Å². The number of carbonyl (C=O) groups is 1. The molecular formula is C17H15NO2S2. The van der Waals surface area contributed by atoms with Crippen LogP contribution in [0.5, 0.6) is 5.75 Å². The number of amides is 1. The molecule has 2 aromatic rings. The maximum Gasteiger partial charge on any atom is 0.259 e. The molecule has 0 aromatic heterocycles. The Bertz CT molecular complexity index is 701. The van der Waals surface area contributed by atoms with Crippen LogP contribution in [0.15, 0.2) is 59.5 Å². The minimum atomic E-state index is -0.170. The molecule has 0 aliphatic carbocycles. The molecule has 1 saturated heterocycles. The summed E-state index contributed by atoms with van der Waals surface area (Å²) in [5.74, 6) is 0.699. The van der Waals surface area contributed by atoms with E-state index in [4.69, 9.17) is 4.74 Å². The maximum atomic E-state index is 11.7. The SMILES string of the molecule is O=C1NC(S)S/C1=C\c1cccc(OCc2ccccc2)c1. The molecule has 1 N–H and O–H groups in total. The minimum Gasteiger partial charge on any atom is -0.489 e. The zero-order valence-electron chi connectivity index (χ0n) is 11.7. The van der Waals surface area contributed by atoms with Gasteiger partial charge < -0.3 is 10.1 Å². The molecular weight excluding hydrogens is 314 g/mol. The molecule has 0 saturated carbocycles. The molecule has 0 spiro atoms. The zero-order chi connectivity index (χ0) is 15.4. The Morgan fingerprint density at radius 2 is 2.00 bits per heavy atom. The fourth-order valence-electron chi connectivity index (χ4n) is 2.07. The summed E-state index contributed by atoms with van der Waals surface area (Å²) in [5, 5.41) is 2.74. The highest BCUT2D eigenvalue weighted by molar-refractivity contribution is 8.14. The first-order valence-electron chi connectivity index (χ1n) is 6.85. The molecule has 3 rings (SSSR count). The second-order valence-corrected chi connectivity index (χ2v) is 6.81. The molecule has 1 fully saturated rings. The van der Waals surface area contributed by atoms with Crippen LogP contribution in [0.2, 0.25) is 0 Å². The van der Waals surface area contributed by atoms with Gasteiger partial charge in [0, 0.05) is 0 Å². The molecule has 1 atom stereocenters. The number of benzene rings is 2. The first-order chi connectivity index (χ1) is 10.7. The quantitative estimate of drug-likeness (QED) is 0.664. The Labute approximate surface area is 139 Å². The Hall–Kier alpha value is -1.85. The molecule has 112 valence electrons. The fraction of sp³-hybridized carbons (Fsp3) is 0.118. The molecule has 2 aromatic carbocycles. The second-order valence-electron chi connectivity index (χ2n) is 4.80. The monoisotopic (exact) mass is 329 g/mol. The van der Waals surface area contributed by atoms with E-state index in [9.17, 15) is 4.79 Å². The van der Waals surface area contributed by atoms with E-state index in [1.165, 1.54) is 11.8 Å². The molecule has 3 nitrogen and oxygen atoms in total. The van der Waals surface area contributed by atoms with E-state index in [1.807, 2.05) is 60.7 Å². The zero-order valence-corrected chi connectivity index (χ0v) is 13.4. The van der Waals surface area contributed by atoms with Crippen molar-refractivity contribution in [1.29, 1.82) is 0 Å². The summed E-state index contributed by atoms with van der Waals surface area (Å²) in [7, 11) is 0. The minimum absolute atomic E-state index is 0.0828. The summed E-state index contributed by atoms with van der Waals surface area (Å²) < 4.78 is 5.62. The smallest absolute Gasteiger partial charge is 0.259 e. The fourth-order valence-corrected chi connectivity index (χ4v) is 3.31. The normalized spacial score (nSPS) is 19.2. The Morgan fingerprint density at radius 1 is 1.18 bits per heavy atom. The largest absolute Gasteiger partial charge is 0.489 e. The number of rotatable bonds is 4. The number of nitrogens with one attached hydrogen (secondary N) is 1. The van der Waals surface area contributed by atoms with Gasteiger partial charge in [0.1, 0.15) is 17.1 Å². The summed E-state index contributed by atoms with van der Waals surface area (Å²) in [4.78, 5) is 12.4. The van der Waals surface area contributed by atoms with Crippen LogP contribution in [0, 0.1) is 0 Å². The van der Waals surface area contributed by atoms with Gasteiger partial charge in [-0.25, -0.2) is 0 Å². The molecule has 5 heteroatoms. The van der Waals surface area contributed by atoms with Crippen LogP contribution in [0.1, 0.15) is 11.1 Å². The van der Waals surface area contributed by atoms with E-state index < -0.39 is 0 Å². The standard InChI is InChI=1S/C17H15NO2S2/c19-16-15(22-17(21)18-16)10-13-7-4-8-14(9-13)20-11-12-5-2-1-3-6-12/h1-10,17,21H,11H2,(H,18,19)/b15-10-. The molecule has 1 aliphatic heterocycles. The van der Waals surface area contributed by atoms with Crippen molar-refractivity contribution in [3.63, 3.8) is 0 Å². The number of hydrogen-bond acceptors (Lipinski definition) is 4. The van der Waals surface area contributed by atoms with Gasteiger partial charge in [0.15, 0.2) is 0 Å². The van der Waals surface area contributed by atoms with Gasteiger partial charge in [0.2, 0.25) is 0 Å². The topological polar surface area (TPSA) is 38.3 Å². The molecule has 1 aliphatic rings. The van der Waals surface area contributed by atoms with Gasteiger partial charge in [0.25, 0.3) is 5.91 Å². The van der Waals surface area contributed by atoms with Crippen LogP contribution >= 0.6 is 24.4 Å². The highest BCUT2D eigenvalue weighted by Gasteiger charge is 2.24. The number of ether oxygens (including phenoxy) is 1. The first kappa shape index (κ1) is 15.1. The molecule has 0 bridgehead atoms. The Morgan fingerprint density at radius 3 is 2.73 bits per heavy atom. The first-order valence-corrected chi connectivity index (χ1v) is 8.24. The lowest BCUT2D eigenvalue weighted by Crippen LogP contribution is -2.19. The van der Waals surface area contributed by atoms with Crippen LogP contribution in [0.4, 0.5) is 0 Å². The van der Waals surface area contributed by atoms with Crippen molar-refractivity contribution in [2.45, 2.75) is 11.3 Å². The van der Waals surface area contributed by atoms with Crippen molar-refractivity contribution in [1.82, 2.24) is 5.32 Å². The second kappa shape index (κ2) is 6.94. The lowest BCUT2D eigenvalue weighted by atomic mass is 10.2. The van der Waals surface area contributed by atoms with E-state index >= 15 is 0 Å². The van der Waals surface area contributed by atoms with E-state index in [0.29, 0.717) is 11.5 Å². The average Bonchev–Trinajstić information content (AvgIpc) is 2.84. The number of thioether (sulfide) groups is 1. The Balaban J connectivity index is 1.70. The van der Waals surface area contributed by atoms with Crippen LogP contribution in [0.3, 0.4) is 0 Å². The van der Waals surface area contributed by atoms with Crippen LogP contribution in [0.25, 0.3) is 6.08 Å². The number of hydrogen-bond donors (Lipinski definition) is 2. The third kappa shape index (κ3) is 3.87. The van der Waals surface area contributed by atoms with Crippen LogP contribution in [-0.4, -0.2) is 10.6 Å². The van der Waals surface area contributed by atoms with Crippen molar-refractivity contribution in [2.75, 3.05) is 0 Å². The molecule has 1 amide bonds. The van der Waals surface area contributed by atoms with Gasteiger partial charge in [-0.05, 0) is 29.3 Å². The van der Waals surface area contributed by atoms with Gasteiger partial charge in [0.05, 0.1) is 4.91 Å². The van der Waals surface area contributed by atoms with Crippen molar-refractivity contribution in [2.24, 2.45) is 0 Å². The summed E-state index contributed by atoms with van der Waals surface area (Å²) in [6.07, 6.45) is 1.85. The third-order valence-electron chi connectivity index (χ3n) is 3.12. The number of thiol groups is 1. The van der Waals surface area contributed by atoms with E-state index in [1.54, 1.807) is 0 Å². The third-order valence-corrected chi connectivity index (χ3v) is 4.46. The van der Waals surface area contributed by atoms with Crippen LogP contribution in [-0.2, 0) is 11.4 Å². The molecule has 1 unspecified atom stereocenters. The summed E-state index contributed by atoms with van der Waals surface area (Å²) in [6, 6.07) is 17.7. The van der Waals surface area contributed by atoms with Gasteiger partial charge in [-0.1, -0.05) is 54.2 Å².